The van der Waals surface area contributed by atoms with Gasteiger partial charge in [-0.15, -0.1) is 0 Å². The summed E-state index contributed by atoms with van der Waals surface area (Å²) < 4.78 is 35.5. The van der Waals surface area contributed by atoms with Gasteiger partial charge in [-0.1, -0.05) is 53.7 Å². The molecule has 0 bridgehead atoms. The van der Waals surface area contributed by atoms with Gasteiger partial charge in [-0.05, 0) is 128 Å². The van der Waals surface area contributed by atoms with Crippen LogP contribution in [0.15, 0.2) is 12.2 Å². The Morgan fingerprint density at radius 3 is 2.04 bits per heavy atom. The number of carbonyl (C=O) groups is 4. The van der Waals surface area contributed by atoms with Crippen molar-refractivity contribution in [1.29, 1.82) is 0 Å². The molecule has 0 unspecified atom stereocenters. The Bertz CT molecular complexity index is 1470. The summed E-state index contributed by atoms with van der Waals surface area (Å²) in [7, 11) is 0. The van der Waals surface area contributed by atoms with E-state index in [2.05, 4.69) is 48.1 Å². The van der Waals surface area contributed by atoms with Crippen molar-refractivity contribution in [2.45, 2.75) is 177 Å². The van der Waals surface area contributed by atoms with Crippen LogP contribution in [0.3, 0.4) is 0 Å². The number of hydrogen-bond acceptors (Lipinski definition) is 10. The van der Waals surface area contributed by atoms with Crippen molar-refractivity contribution >= 4 is 23.9 Å². The Balaban J connectivity index is 1.20. The van der Waals surface area contributed by atoms with E-state index in [1.165, 1.54) is 84.6 Å². The second-order valence-corrected chi connectivity index (χ2v) is 19.2. The van der Waals surface area contributed by atoms with Crippen LogP contribution in [-0.4, -0.2) is 67.3 Å². The Morgan fingerprint density at radius 2 is 1.41 bits per heavy atom. The molecule has 6 fully saturated rings. The maximum Gasteiger partial charge on any atom is 0.303 e. The smallest absolute Gasteiger partial charge is 0.303 e. The summed E-state index contributed by atoms with van der Waals surface area (Å²) in [4.78, 5) is 48.9. The second-order valence-electron chi connectivity index (χ2n) is 19.2. The highest BCUT2D eigenvalue weighted by atomic mass is 16.7. The van der Waals surface area contributed by atoms with Crippen molar-refractivity contribution in [3.63, 3.8) is 0 Å². The SMILES string of the molecule is C=C(CC[C@@H](C)[C@H]1CC[C@@]2(C)[C@@H]3CC[C@H]4[C@H](C)[C@@H](O[C@@H]5O[C@H](COC(C)=O)[C@@H](OC(C)=O)[C@H](OC(C)=O)[C@H]5OC(C)=O)CC[C@]45C[C@]35CC[C@@]12C)C(C)C. The maximum atomic E-state index is 12.5. The quantitative estimate of drug-likeness (QED) is 0.0835. The van der Waals surface area contributed by atoms with Crippen LogP contribution < -0.4 is 0 Å². The fourth-order valence-electron chi connectivity index (χ4n) is 13.5. The zero-order valence-electron chi connectivity index (χ0n) is 34.7. The predicted molar refractivity (Wildman–Crippen MR) is 201 cm³/mol. The lowest BCUT2D eigenvalue weighted by Gasteiger charge is -2.62. The normalized spacial score (nSPS) is 44.1. The number of rotatable bonds is 12. The molecule has 5 saturated carbocycles. The molecule has 0 aromatic carbocycles. The van der Waals surface area contributed by atoms with Gasteiger partial charge in [0, 0.05) is 27.7 Å². The van der Waals surface area contributed by atoms with Crippen LogP contribution in [0.1, 0.15) is 140 Å². The van der Waals surface area contributed by atoms with E-state index in [1.54, 1.807) is 0 Å². The Labute approximate surface area is 323 Å². The molecular weight excluding hydrogens is 688 g/mol. The summed E-state index contributed by atoms with van der Waals surface area (Å²) in [6.07, 6.45) is 7.37. The summed E-state index contributed by atoms with van der Waals surface area (Å²) in [6, 6.07) is 0. The minimum Gasteiger partial charge on any atom is -0.463 e. The van der Waals surface area contributed by atoms with E-state index in [-0.39, 0.29) is 18.6 Å². The highest BCUT2D eigenvalue weighted by Gasteiger charge is 2.81. The average molecular weight is 757 g/mol. The molecule has 1 aliphatic heterocycles. The largest absolute Gasteiger partial charge is 0.463 e. The van der Waals surface area contributed by atoms with Crippen molar-refractivity contribution in [3.8, 4) is 0 Å². The zero-order valence-corrected chi connectivity index (χ0v) is 34.7. The predicted octanol–water partition coefficient (Wildman–Crippen LogP) is 8.13. The van der Waals surface area contributed by atoms with Crippen molar-refractivity contribution in [1.82, 2.24) is 0 Å². The first-order valence-electron chi connectivity index (χ1n) is 20.9. The number of ether oxygens (including phenoxy) is 6. The van der Waals surface area contributed by atoms with E-state index >= 15 is 0 Å². The van der Waals surface area contributed by atoms with E-state index in [0.717, 1.165) is 31.1 Å². The highest BCUT2D eigenvalue weighted by Crippen LogP contribution is 2.88. The molecule has 304 valence electrons. The summed E-state index contributed by atoms with van der Waals surface area (Å²) in [5.74, 6) is 1.01. The topological polar surface area (TPSA) is 124 Å². The molecule has 10 heteroatoms. The molecule has 0 amide bonds. The lowest BCUT2D eigenvalue weighted by Crippen LogP contribution is -2.63. The third-order valence-corrected chi connectivity index (χ3v) is 16.4. The van der Waals surface area contributed by atoms with E-state index in [1.807, 2.05) is 0 Å². The standard InChI is InChI=1S/C44H68O10/c1-24(2)25(3)12-13-26(4)32-16-18-42(11)36-15-14-33-27(5)34(17-19-43(33)23-44(36,43)21-20-41(32,42)10)53-40-39(52-31(9)48)38(51-30(8)47)37(50-29(7)46)35(54-40)22-49-28(6)45/h24,26-27,32-40H,3,12-23H2,1-2,4-11H3/t26-,27+,32-,33+,34+,35-,36+,37-,38+,39-,40-,41+,42+,43+,44-/m1/s1. The van der Waals surface area contributed by atoms with Gasteiger partial charge in [0.25, 0.3) is 0 Å². The highest BCUT2D eigenvalue weighted by molar-refractivity contribution is 5.68. The minimum atomic E-state index is -1.23. The van der Waals surface area contributed by atoms with Gasteiger partial charge in [-0.3, -0.25) is 19.2 Å². The van der Waals surface area contributed by atoms with Crippen LogP contribution in [0.2, 0.25) is 0 Å². The van der Waals surface area contributed by atoms with Crippen molar-refractivity contribution in [2.75, 3.05) is 6.61 Å². The van der Waals surface area contributed by atoms with Gasteiger partial charge in [0.05, 0.1) is 6.10 Å². The Kier molecular flexibility index (Phi) is 11.5. The van der Waals surface area contributed by atoms with Crippen molar-refractivity contribution in [2.24, 2.45) is 57.2 Å². The Hall–Kier alpha value is -2.46. The molecule has 0 aromatic rings. The van der Waals surface area contributed by atoms with Gasteiger partial charge in [0.1, 0.15) is 12.7 Å². The van der Waals surface area contributed by atoms with Crippen molar-refractivity contribution < 1.29 is 47.6 Å². The van der Waals surface area contributed by atoms with Gasteiger partial charge in [0.2, 0.25) is 0 Å². The molecule has 1 saturated heterocycles. The first-order chi connectivity index (χ1) is 25.3. The maximum absolute atomic E-state index is 12.5. The molecular formula is C44H68O10. The molecule has 54 heavy (non-hydrogen) atoms. The van der Waals surface area contributed by atoms with Gasteiger partial charge in [0.15, 0.2) is 24.6 Å². The van der Waals surface area contributed by atoms with Gasteiger partial charge < -0.3 is 28.4 Å². The van der Waals surface area contributed by atoms with E-state index < -0.39 is 54.6 Å². The van der Waals surface area contributed by atoms with Crippen LogP contribution in [-0.2, 0) is 47.6 Å². The molecule has 6 aliphatic rings. The molecule has 0 radical (unpaired) electrons. The first kappa shape index (κ1) is 41.2. The summed E-state index contributed by atoms with van der Waals surface area (Å²) in [5.41, 5.74) is 2.80. The summed E-state index contributed by atoms with van der Waals surface area (Å²) in [6.45, 7) is 23.8. The molecule has 10 nitrogen and oxygen atoms in total. The molecule has 0 aromatic heterocycles. The second kappa shape index (κ2) is 15.1. The third-order valence-electron chi connectivity index (χ3n) is 16.4. The summed E-state index contributed by atoms with van der Waals surface area (Å²) >= 11 is 0. The first-order valence-corrected chi connectivity index (χ1v) is 20.9. The van der Waals surface area contributed by atoms with E-state index in [4.69, 9.17) is 28.4 Å². The fourth-order valence-corrected chi connectivity index (χ4v) is 13.5. The monoisotopic (exact) mass is 756 g/mol. The molecule has 6 rings (SSSR count). The minimum absolute atomic E-state index is 0.197. The average Bonchev–Trinajstić information content (AvgIpc) is 3.67. The van der Waals surface area contributed by atoms with Crippen LogP contribution in [0.5, 0.6) is 0 Å². The molecule has 15 atom stereocenters. The fraction of sp³-hybridized carbons (Fsp3) is 0.864. The van der Waals surface area contributed by atoms with Crippen LogP contribution in [0, 0.1) is 57.2 Å². The number of hydrogen-bond donors (Lipinski definition) is 0. The number of allylic oxidation sites excluding steroid dienone is 1. The number of carbonyl (C=O) groups excluding carboxylic acids is 4. The van der Waals surface area contributed by atoms with Crippen LogP contribution in [0.25, 0.3) is 0 Å². The molecule has 1 heterocycles. The third kappa shape index (κ3) is 6.96. The lowest BCUT2D eigenvalue weighted by atomic mass is 9.43. The number of fused-ring (bicyclic) bond motifs is 2. The molecule has 5 aliphatic carbocycles. The Morgan fingerprint density at radius 1 is 0.759 bits per heavy atom. The molecule has 2 spiro atoms. The van der Waals surface area contributed by atoms with E-state index in [9.17, 15) is 19.2 Å². The van der Waals surface area contributed by atoms with Crippen LogP contribution >= 0.6 is 0 Å². The van der Waals surface area contributed by atoms with E-state index in [0.29, 0.717) is 39.4 Å². The van der Waals surface area contributed by atoms with Gasteiger partial charge in [-0.2, -0.15) is 0 Å². The van der Waals surface area contributed by atoms with Gasteiger partial charge in [-0.25, -0.2) is 0 Å². The number of esters is 4. The zero-order chi connectivity index (χ0) is 39.5. The van der Waals surface area contributed by atoms with Gasteiger partial charge >= 0.3 is 23.9 Å². The van der Waals surface area contributed by atoms with Crippen LogP contribution in [0.4, 0.5) is 0 Å². The summed E-state index contributed by atoms with van der Waals surface area (Å²) in [5, 5.41) is 0. The lowest BCUT2D eigenvalue weighted by molar-refractivity contribution is -0.324. The van der Waals surface area contributed by atoms with Crippen molar-refractivity contribution in [3.05, 3.63) is 12.2 Å². The molecule has 0 N–H and O–H groups in total.